The lowest BCUT2D eigenvalue weighted by Crippen LogP contribution is -2.41. The number of nitrogens with zero attached hydrogens (tertiary/aromatic N) is 4. The Kier molecular flexibility index (Phi) is 4.57. The summed E-state index contributed by atoms with van der Waals surface area (Å²) in [5.74, 6) is 1.18. The van der Waals surface area contributed by atoms with Crippen LogP contribution in [0.5, 0.6) is 0 Å². The third-order valence-corrected chi connectivity index (χ3v) is 3.81. The molecule has 0 amide bonds. The van der Waals surface area contributed by atoms with E-state index in [1.165, 1.54) is 12.8 Å². The Labute approximate surface area is 124 Å². The van der Waals surface area contributed by atoms with Gasteiger partial charge in [-0.1, -0.05) is 17.6 Å². The number of ether oxygens (including phenoxy) is 1. The first-order valence-corrected chi connectivity index (χ1v) is 7.34. The maximum absolute atomic E-state index is 5.36. The molecular formula is C15H20N4O2. The Bertz CT molecular complexity index is 556. The largest absolute Gasteiger partial charge is 0.383 e. The van der Waals surface area contributed by atoms with Crippen LogP contribution >= 0.6 is 0 Å². The van der Waals surface area contributed by atoms with Crippen LogP contribution in [0.15, 0.2) is 28.9 Å². The van der Waals surface area contributed by atoms with Crippen molar-refractivity contribution < 1.29 is 9.26 Å². The third-order valence-electron chi connectivity index (χ3n) is 3.81. The van der Waals surface area contributed by atoms with Crippen molar-refractivity contribution in [3.05, 3.63) is 30.3 Å². The fourth-order valence-corrected chi connectivity index (χ4v) is 2.74. The van der Waals surface area contributed by atoms with Gasteiger partial charge in [0.15, 0.2) is 0 Å². The Morgan fingerprint density at radius 2 is 2.33 bits per heavy atom. The van der Waals surface area contributed by atoms with Crippen LogP contribution in [0.2, 0.25) is 0 Å². The predicted octanol–water partition coefficient (Wildman–Crippen LogP) is 2.13. The van der Waals surface area contributed by atoms with Crippen molar-refractivity contribution in [1.82, 2.24) is 20.0 Å². The molecule has 2 aromatic rings. The third kappa shape index (κ3) is 3.46. The van der Waals surface area contributed by atoms with E-state index in [1.807, 2.05) is 18.2 Å². The molecule has 0 bridgehead atoms. The van der Waals surface area contributed by atoms with Crippen LogP contribution in [0.3, 0.4) is 0 Å². The molecule has 3 rings (SSSR count). The van der Waals surface area contributed by atoms with Crippen molar-refractivity contribution in [2.45, 2.75) is 31.8 Å². The zero-order chi connectivity index (χ0) is 14.5. The van der Waals surface area contributed by atoms with Gasteiger partial charge in [-0.2, -0.15) is 4.98 Å². The molecule has 6 heteroatoms. The molecule has 0 saturated carbocycles. The molecule has 21 heavy (non-hydrogen) atoms. The van der Waals surface area contributed by atoms with Crippen LogP contribution < -0.4 is 0 Å². The Balaban J connectivity index is 1.69. The number of hydrogen-bond acceptors (Lipinski definition) is 6. The maximum atomic E-state index is 5.36. The molecule has 6 nitrogen and oxygen atoms in total. The van der Waals surface area contributed by atoms with E-state index in [2.05, 4.69) is 20.0 Å². The standard InChI is InChI=1S/C15H20N4O2/c1-20-11-12-6-3-5-9-19(12)10-14-17-15(18-21-14)13-7-2-4-8-16-13/h2,4,7-8,12H,3,5-6,9-11H2,1H3/t12-/m1/s1. The molecule has 1 aliphatic heterocycles. The molecule has 0 aromatic carbocycles. The summed E-state index contributed by atoms with van der Waals surface area (Å²) in [6, 6.07) is 6.10. The van der Waals surface area contributed by atoms with Crippen molar-refractivity contribution in [2.75, 3.05) is 20.3 Å². The molecule has 0 spiro atoms. The minimum Gasteiger partial charge on any atom is -0.383 e. The summed E-state index contributed by atoms with van der Waals surface area (Å²) < 4.78 is 10.7. The van der Waals surface area contributed by atoms with Gasteiger partial charge in [-0.05, 0) is 31.5 Å². The minimum absolute atomic E-state index is 0.439. The number of rotatable bonds is 5. The fourth-order valence-electron chi connectivity index (χ4n) is 2.74. The molecule has 3 heterocycles. The van der Waals surface area contributed by atoms with Gasteiger partial charge in [0.1, 0.15) is 5.69 Å². The first kappa shape index (κ1) is 14.2. The van der Waals surface area contributed by atoms with Crippen molar-refractivity contribution >= 4 is 0 Å². The summed E-state index contributed by atoms with van der Waals surface area (Å²) in [5, 5.41) is 4.02. The molecule has 1 atom stereocenters. The van der Waals surface area contributed by atoms with E-state index in [-0.39, 0.29) is 0 Å². The monoisotopic (exact) mass is 288 g/mol. The van der Waals surface area contributed by atoms with E-state index in [0.29, 0.717) is 24.3 Å². The first-order chi connectivity index (χ1) is 10.4. The molecular weight excluding hydrogens is 268 g/mol. The van der Waals surface area contributed by atoms with Crippen LogP contribution in [0.25, 0.3) is 11.5 Å². The highest BCUT2D eigenvalue weighted by molar-refractivity contribution is 5.46. The van der Waals surface area contributed by atoms with E-state index in [1.54, 1.807) is 13.3 Å². The second-order valence-electron chi connectivity index (χ2n) is 5.30. The normalized spacial score (nSPS) is 19.8. The Morgan fingerprint density at radius 1 is 1.38 bits per heavy atom. The van der Waals surface area contributed by atoms with E-state index in [4.69, 9.17) is 9.26 Å². The number of piperidine rings is 1. The zero-order valence-corrected chi connectivity index (χ0v) is 12.2. The average Bonchev–Trinajstić information content (AvgIpc) is 2.99. The van der Waals surface area contributed by atoms with Gasteiger partial charge in [0.25, 0.3) is 0 Å². The highest BCUT2D eigenvalue weighted by Gasteiger charge is 2.24. The highest BCUT2D eigenvalue weighted by atomic mass is 16.5. The molecule has 1 fully saturated rings. The summed E-state index contributed by atoms with van der Waals surface area (Å²) in [6.45, 7) is 2.48. The molecule has 2 aromatic heterocycles. The maximum Gasteiger partial charge on any atom is 0.241 e. The highest BCUT2D eigenvalue weighted by Crippen LogP contribution is 2.20. The van der Waals surface area contributed by atoms with Gasteiger partial charge in [0.05, 0.1) is 13.2 Å². The summed E-state index contributed by atoms with van der Waals surface area (Å²) in [5.41, 5.74) is 0.736. The number of likely N-dealkylation sites (tertiary alicyclic amines) is 1. The topological polar surface area (TPSA) is 64.3 Å². The molecule has 0 N–H and O–H groups in total. The molecule has 0 radical (unpaired) electrons. The Morgan fingerprint density at radius 3 is 3.14 bits per heavy atom. The predicted molar refractivity (Wildman–Crippen MR) is 77.5 cm³/mol. The summed E-state index contributed by atoms with van der Waals surface area (Å²) in [7, 11) is 1.75. The number of methoxy groups -OCH3 is 1. The van der Waals surface area contributed by atoms with Gasteiger partial charge in [-0.15, -0.1) is 0 Å². The SMILES string of the molecule is COC[C@H]1CCCCN1Cc1nc(-c2ccccn2)no1. The molecule has 1 aliphatic rings. The van der Waals surface area contributed by atoms with Crippen LogP contribution in [-0.4, -0.2) is 46.3 Å². The van der Waals surface area contributed by atoms with Crippen molar-refractivity contribution in [1.29, 1.82) is 0 Å². The summed E-state index contributed by atoms with van der Waals surface area (Å²) in [4.78, 5) is 11.0. The van der Waals surface area contributed by atoms with Crippen LogP contribution in [0.4, 0.5) is 0 Å². The van der Waals surface area contributed by atoms with Crippen LogP contribution in [-0.2, 0) is 11.3 Å². The summed E-state index contributed by atoms with van der Waals surface area (Å²) >= 11 is 0. The van der Waals surface area contributed by atoms with E-state index >= 15 is 0 Å². The molecule has 0 unspecified atom stereocenters. The number of hydrogen-bond donors (Lipinski definition) is 0. The van der Waals surface area contributed by atoms with E-state index in [9.17, 15) is 0 Å². The second kappa shape index (κ2) is 6.78. The molecule has 112 valence electrons. The lowest BCUT2D eigenvalue weighted by Gasteiger charge is -2.34. The molecule has 0 aliphatic carbocycles. The van der Waals surface area contributed by atoms with Crippen LogP contribution in [0.1, 0.15) is 25.2 Å². The van der Waals surface area contributed by atoms with Crippen LogP contribution in [0, 0.1) is 0 Å². The fraction of sp³-hybridized carbons (Fsp3) is 0.533. The van der Waals surface area contributed by atoms with Crippen molar-refractivity contribution in [3.8, 4) is 11.5 Å². The number of pyridine rings is 1. The van der Waals surface area contributed by atoms with Gasteiger partial charge in [-0.25, -0.2) is 0 Å². The smallest absolute Gasteiger partial charge is 0.241 e. The van der Waals surface area contributed by atoms with Gasteiger partial charge < -0.3 is 9.26 Å². The van der Waals surface area contributed by atoms with E-state index in [0.717, 1.165) is 25.3 Å². The second-order valence-corrected chi connectivity index (χ2v) is 5.30. The van der Waals surface area contributed by atoms with Crippen molar-refractivity contribution in [2.24, 2.45) is 0 Å². The zero-order valence-electron chi connectivity index (χ0n) is 12.2. The first-order valence-electron chi connectivity index (χ1n) is 7.34. The lowest BCUT2D eigenvalue weighted by molar-refractivity contribution is 0.0532. The average molecular weight is 288 g/mol. The van der Waals surface area contributed by atoms with Gasteiger partial charge in [0, 0.05) is 19.3 Å². The minimum atomic E-state index is 0.439. The van der Waals surface area contributed by atoms with Gasteiger partial charge in [-0.3, -0.25) is 9.88 Å². The molecule has 1 saturated heterocycles. The van der Waals surface area contributed by atoms with Gasteiger partial charge >= 0.3 is 0 Å². The van der Waals surface area contributed by atoms with Gasteiger partial charge in [0.2, 0.25) is 11.7 Å². The van der Waals surface area contributed by atoms with E-state index < -0.39 is 0 Å². The van der Waals surface area contributed by atoms with Crippen molar-refractivity contribution in [3.63, 3.8) is 0 Å². The quantitative estimate of drug-likeness (QED) is 0.840. The Hall–Kier alpha value is -1.79. The lowest BCUT2D eigenvalue weighted by atomic mass is 10.0. The number of aromatic nitrogens is 3. The summed E-state index contributed by atoms with van der Waals surface area (Å²) in [6.07, 6.45) is 5.36.